The van der Waals surface area contributed by atoms with Crippen LogP contribution in [0.1, 0.15) is 52.9 Å². The third-order valence-corrected chi connectivity index (χ3v) is 7.76. The molecule has 0 spiro atoms. The van der Waals surface area contributed by atoms with E-state index >= 15 is 0 Å². The molecular formula is C29H28F3N3O4S. The molecule has 0 unspecified atom stereocenters. The molecule has 210 valence electrons. The molecule has 1 heterocycles. The van der Waals surface area contributed by atoms with E-state index in [1.165, 1.54) is 22.8 Å². The number of aromatic nitrogens is 2. The zero-order valence-electron chi connectivity index (χ0n) is 21.6. The average Bonchev–Trinajstić information content (AvgIpc) is 3.30. The lowest BCUT2D eigenvalue weighted by molar-refractivity contribution is -0.142. The number of hydrogen-bond donors (Lipinski definition) is 2. The van der Waals surface area contributed by atoms with Gasteiger partial charge in [0.1, 0.15) is 5.82 Å². The number of alkyl halides is 3. The van der Waals surface area contributed by atoms with E-state index < -0.39 is 34.4 Å². The molecule has 4 rings (SSSR count). The Morgan fingerprint density at radius 3 is 2.25 bits per heavy atom. The summed E-state index contributed by atoms with van der Waals surface area (Å²) in [7, 11) is -4.23. The lowest BCUT2D eigenvalue weighted by Gasteiger charge is -2.14. The highest BCUT2D eigenvalue weighted by molar-refractivity contribution is 7.90. The molecule has 0 saturated heterocycles. The van der Waals surface area contributed by atoms with Gasteiger partial charge < -0.3 is 9.67 Å². The number of aliphatic hydroxyl groups excluding tert-OH is 1. The summed E-state index contributed by atoms with van der Waals surface area (Å²) in [6.45, 7) is 1.16. The molecule has 1 aromatic heterocycles. The molecule has 11 heteroatoms. The monoisotopic (exact) mass is 571 g/mol. The summed E-state index contributed by atoms with van der Waals surface area (Å²) in [5, 5.41) is 9.77. The smallest absolute Gasteiger partial charge is 0.390 e. The van der Waals surface area contributed by atoms with Crippen LogP contribution in [0.15, 0.2) is 83.8 Å². The van der Waals surface area contributed by atoms with Crippen molar-refractivity contribution in [2.24, 2.45) is 0 Å². The molecule has 0 fully saturated rings. The molecule has 0 atom stereocenters. The molecule has 0 bridgehead atoms. The van der Waals surface area contributed by atoms with Gasteiger partial charge in [0.25, 0.3) is 15.9 Å². The topological polar surface area (TPSA) is 101 Å². The summed E-state index contributed by atoms with van der Waals surface area (Å²) in [6, 6.07) is 20.9. The Balaban J connectivity index is 1.63. The van der Waals surface area contributed by atoms with Gasteiger partial charge in [0.15, 0.2) is 5.69 Å². The van der Waals surface area contributed by atoms with Crippen LogP contribution in [0, 0.1) is 0 Å². The van der Waals surface area contributed by atoms with Gasteiger partial charge in [-0.2, -0.15) is 13.2 Å². The fourth-order valence-corrected chi connectivity index (χ4v) is 5.58. The number of aliphatic hydroxyl groups is 1. The predicted molar refractivity (Wildman–Crippen MR) is 144 cm³/mol. The fourth-order valence-electron chi connectivity index (χ4n) is 4.37. The predicted octanol–water partition coefficient (Wildman–Crippen LogP) is 5.57. The quantitative estimate of drug-likeness (QED) is 0.259. The van der Waals surface area contributed by atoms with Crippen LogP contribution in [0.4, 0.5) is 13.2 Å². The molecule has 4 aromatic rings. The highest BCUT2D eigenvalue weighted by Crippen LogP contribution is 2.33. The van der Waals surface area contributed by atoms with Crippen molar-refractivity contribution in [3.63, 3.8) is 0 Å². The number of sulfonamides is 1. The molecule has 0 saturated carbocycles. The minimum absolute atomic E-state index is 0.0470. The summed E-state index contributed by atoms with van der Waals surface area (Å²) in [5.41, 5.74) is 0.334. The second-order valence-electron chi connectivity index (χ2n) is 9.16. The van der Waals surface area contributed by atoms with Crippen molar-refractivity contribution in [2.45, 2.75) is 50.4 Å². The van der Waals surface area contributed by atoms with Crippen molar-refractivity contribution in [3.05, 3.63) is 107 Å². The summed E-state index contributed by atoms with van der Waals surface area (Å²) in [5.74, 6) is -0.518. The van der Waals surface area contributed by atoms with Crippen LogP contribution in [-0.4, -0.2) is 29.0 Å². The van der Waals surface area contributed by atoms with E-state index in [1.807, 2.05) is 6.92 Å². The van der Waals surface area contributed by atoms with E-state index in [1.54, 1.807) is 60.7 Å². The fraction of sp³-hybridized carbons (Fsp3) is 0.241. The van der Waals surface area contributed by atoms with E-state index in [9.17, 15) is 31.5 Å². The minimum atomic E-state index is -4.70. The number of imidazole rings is 1. The third-order valence-electron chi connectivity index (χ3n) is 6.37. The Morgan fingerprint density at radius 2 is 1.62 bits per heavy atom. The number of rotatable bonds is 10. The first kappa shape index (κ1) is 29.0. The third kappa shape index (κ3) is 6.43. The number of amides is 1. The lowest BCUT2D eigenvalue weighted by Crippen LogP contribution is -2.30. The summed E-state index contributed by atoms with van der Waals surface area (Å²) in [4.78, 5) is 16.2. The maximum atomic E-state index is 13.6. The van der Waals surface area contributed by atoms with Gasteiger partial charge >= 0.3 is 6.18 Å². The number of nitrogens with zero attached hydrogens (tertiary/aromatic N) is 2. The van der Waals surface area contributed by atoms with Crippen molar-refractivity contribution in [1.29, 1.82) is 0 Å². The number of halogens is 3. The first-order valence-corrected chi connectivity index (χ1v) is 14.1. The van der Waals surface area contributed by atoms with Gasteiger partial charge in [-0.25, -0.2) is 18.1 Å². The number of carbonyl (C=O) groups excluding carboxylic acids is 1. The zero-order chi connectivity index (χ0) is 28.9. The first-order valence-electron chi connectivity index (χ1n) is 12.6. The first-order chi connectivity index (χ1) is 19.0. The average molecular weight is 572 g/mol. The molecule has 3 aromatic carbocycles. The Kier molecular flexibility index (Phi) is 8.75. The van der Waals surface area contributed by atoms with Gasteiger partial charge in [-0.05, 0) is 35.7 Å². The molecular weight excluding hydrogens is 543 g/mol. The molecule has 0 aliphatic carbocycles. The van der Waals surface area contributed by atoms with Gasteiger partial charge in [-0.3, -0.25) is 4.79 Å². The number of nitrogens with one attached hydrogen (secondary N) is 1. The van der Waals surface area contributed by atoms with Crippen molar-refractivity contribution in [1.82, 2.24) is 14.3 Å². The largest absolute Gasteiger partial charge is 0.435 e. The molecule has 0 radical (unpaired) electrons. The van der Waals surface area contributed by atoms with E-state index in [2.05, 4.69) is 9.71 Å². The van der Waals surface area contributed by atoms with E-state index in [-0.39, 0.29) is 28.5 Å². The van der Waals surface area contributed by atoms with E-state index in [0.717, 1.165) is 6.42 Å². The van der Waals surface area contributed by atoms with Crippen molar-refractivity contribution >= 4 is 15.9 Å². The Bertz CT molecular complexity index is 1580. The molecule has 0 aliphatic heterocycles. The van der Waals surface area contributed by atoms with E-state index in [0.29, 0.717) is 29.5 Å². The Morgan fingerprint density at radius 1 is 0.975 bits per heavy atom. The zero-order valence-corrected chi connectivity index (χ0v) is 22.5. The number of carbonyl (C=O) groups is 1. The second-order valence-corrected chi connectivity index (χ2v) is 10.8. The van der Waals surface area contributed by atoms with E-state index in [4.69, 9.17) is 0 Å². The molecule has 2 N–H and O–H groups in total. The van der Waals surface area contributed by atoms with Crippen LogP contribution < -0.4 is 4.72 Å². The van der Waals surface area contributed by atoms with Gasteiger partial charge in [-0.15, -0.1) is 0 Å². The van der Waals surface area contributed by atoms with Crippen LogP contribution >= 0.6 is 0 Å². The summed E-state index contributed by atoms with van der Waals surface area (Å²) in [6.07, 6.45) is -2.95. The molecule has 40 heavy (non-hydrogen) atoms. The number of hydrogen-bond acceptors (Lipinski definition) is 5. The highest BCUT2D eigenvalue weighted by atomic mass is 32.2. The Hall–Kier alpha value is -3.96. The number of unbranched alkanes of at least 4 members (excludes halogenated alkanes) is 1. The van der Waals surface area contributed by atoms with Crippen LogP contribution in [0.2, 0.25) is 0 Å². The van der Waals surface area contributed by atoms with Crippen LogP contribution in [0.25, 0.3) is 11.1 Å². The standard InChI is InChI=1S/C29H28F3N3O4S/c1-2-3-13-26-33-27(29(30,31)32)24(19-36)35(26)18-20-14-16-21(17-15-20)23-11-7-8-12-25(23)40(38,39)34-28(37)22-9-5-4-6-10-22/h4-12,14-17,36H,2-3,13,18-19H2,1H3,(H,34,37). The van der Waals surface area contributed by atoms with Crippen LogP contribution in [-0.2, 0) is 35.8 Å². The SMILES string of the molecule is CCCCc1nc(C(F)(F)F)c(CO)n1Cc1ccc(-c2ccccc2S(=O)(=O)NC(=O)c2ccccc2)cc1. The van der Waals surface area contributed by atoms with Gasteiger partial charge in [0, 0.05) is 24.1 Å². The van der Waals surface area contributed by atoms with Gasteiger partial charge in [0.05, 0.1) is 17.2 Å². The molecule has 7 nitrogen and oxygen atoms in total. The van der Waals surface area contributed by atoms with Gasteiger partial charge in [-0.1, -0.05) is 74.0 Å². The van der Waals surface area contributed by atoms with Crippen LogP contribution in [0.3, 0.4) is 0 Å². The number of aryl methyl sites for hydroxylation is 1. The number of benzene rings is 3. The minimum Gasteiger partial charge on any atom is -0.390 e. The van der Waals surface area contributed by atoms with Crippen molar-refractivity contribution in [2.75, 3.05) is 0 Å². The maximum absolute atomic E-state index is 13.6. The highest BCUT2D eigenvalue weighted by Gasteiger charge is 2.38. The van der Waals surface area contributed by atoms with Gasteiger partial charge in [0.2, 0.25) is 0 Å². The summed E-state index contributed by atoms with van der Waals surface area (Å²) < 4.78 is 70.5. The summed E-state index contributed by atoms with van der Waals surface area (Å²) >= 11 is 0. The van der Waals surface area contributed by atoms with Crippen LogP contribution in [0.5, 0.6) is 0 Å². The van der Waals surface area contributed by atoms with Crippen molar-refractivity contribution in [3.8, 4) is 11.1 Å². The molecule has 0 aliphatic rings. The maximum Gasteiger partial charge on any atom is 0.435 e. The second kappa shape index (κ2) is 12.1. The lowest BCUT2D eigenvalue weighted by atomic mass is 10.0. The normalized spacial score (nSPS) is 11.9. The molecule has 1 amide bonds. The Labute approximate surface area is 230 Å². The van der Waals surface area contributed by atoms with Crippen molar-refractivity contribution < 1.29 is 31.5 Å².